The van der Waals surface area contributed by atoms with Crippen LogP contribution in [0.5, 0.6) is 0 Å². The lowest BCUT2D eigenvalue weighted by atomic mass is 9.74. The van der Waals surface area contributed by atoms with Gasteiger partial charge in [-0.1, -0.05) is 23.7 Å². The number of hydrogen-bond acceptors (Lipinski definition) is 4. The third kappa shape index (κ3) is 6.30. The molecule has 1 unspecified atom stereocenters. The number of methoxy groups -OCH3 is 1. The number of carbonyl (C=O) groups is 1. The molecule has 2 atom stereocenters. The summed E-state index contributed by atoms with van der Waals surface area (Å²) in [5.74, 6) is -0.919. The predicted octanol–water partition coefficient (Wildman–Crippen LogP) is 5.13. The van der Waals surface area contributed by atoms with Crippen LogP contribution in [-0.4, -0.2) is 48.5 Å². The molecular weight excluding hydrogens is 397 g/mol. The highest BCUT2D eigenvalue weighted by Gasteiger charge is 2.43. The smallest absolute Gasteiger partial charge is 0.410 e. The minimum absolute atomic E-state index is 0.0161. The summed E-state index contributed by atoms with van der Waals surface area (Å²) in [6.07, 6.45) is 2.78. The largest absolute Gasteiger partial charge is 0.444 e. The molecule has 1 fully saturated rings. The quantitative estimate of drug-likeness (QED) is 0.610. The molecule has 29 heavy (non-hydrogen) atoms. The van der Waals surface area contributed by atoms with Crippen LogP contribution in [0.1, 0.15) is 58.4 Å². The Balaban J connectivity index is 2.27. The minimum atomic E-state index is -1.43. The second kappa shape index (κ2) is 10.1. The number of likely N-dealkylation sites (tertiary alicyclic amines) is 1. The predicted molar refractivity (Wildman–Crippen MR) is 112 cm³/mol. The van der Waals surface area contributed by atoms with E-state index in [1.165, 1.54) is 6.07 Å². The van der Waals surface area contributed by atoms with Gasteiger partial charge in [0, 0.05) is 38.3 Å². The number of piperidine rings is 1. The van der Waals surface area contributed by atoms with Gasteiger partial charge in [-0.3, -0.25) is 0 Å². The molecule has 1 aliphatic rings. The van der Waals surface area contributed by atoms with Crippen LogP contribution in [0.3, 0.4) is 0 Å². The standard InChI is InChI=1S/C22H33ClFNO4/c1-21(2,3)29-20(26)25-13-8-9-16(15-25)22(27,12-5-6-14-28-4)17-10-7-11-18(23)19(17)24/h7,10-11,16,27H,5-6,8-9,12-15H2,1-4H3/t16?,22-/m0/s1. The molecule has 1 N–H and O–H groups in total. The van der Waals surface area contributed by atoms with E-state index in [0.29, 0.717) is 45.4 Å². The molecule has 0 saturated carbocycles. The Morgan fingerprint density at radius 2 is 2.07 bits per heavy atom. The summed E-state index contributed by atoms with van der Waals surface area (Å²) < 4.78 is 25.5. The zero-order chi connectivity index (χ0) is 21.7. The number of hydrogen-bond donors (Lipinski definition) is 1. The fourth-order valence-corrected chi connectivity index (χ4v) is 4.07. The van der Waals surface area contributed by atoms with Gasteiger partial charge in [0.15, 0.2) is 0 Å². The second-order valence-electron chi connectivity index (χ2n) is 8.74. The summed E-state index contributed by atoms with van der Waals surface area (Å²) in [5, 5.41) is 11.7. The van der Waals surface area contributed by atoms with E-state index in [-0.39, 0.29) is 16.5 Å². The van der Waals surface area contributed by atoms with Crippen molar-refractivity contribution in [2.45, 2.75) is 64.1 Å². The highest BCUT2D eigenvalue weighted by Crippen LogP contribution is 2.42. The van der Waals surface area contributed by atoms with E-state index < -0.39 is 23.1 Å². The van der Waals surface area contributed by atoms with Gasteiger partial charge in [-0.15, -0.1) is 0 Å². The van der Waals surface area contributed by atoms with Crippen LogP contribution in [0.4, 0.5) is 9.18 Å². The first kappa shape index (κ1) is 23.9. The molecule has 1 aromatic rings. The fraction of sp³-hybridized carbons (Fsp3) is 0.682. The van der Waals surface area contributed by atoms with Gasteiger partial charge in [0.05, 0.1) is 10.6 Å². The summed E-state index contributed by atoms with van der Waals surface area (Å²) in [5.41, 5.74) is -1.83. The summed E-state index contributed by atoms with van der Waals surface area (Å²) in [6.45, 7) is 6.90. The number of rotatable bonds is 7. The SMILES string of the molecule is COCCCC[C@@](O)(c1cccc(Cl)c1F)C1CCCN(C(=O)OC(C)(C)C)C1. The van der Waals surface area contributed by atoms with Crippen LogP contribution < -0.4 is 0 Å². The van der Waals surface area contributed by atoms with Crippen molar-refractivity contribution in [3.8, 4) is 0 Å². The van der Waals surface area contributed by atoms with Crippen LogP contribution in [0, 0.1) is 11.7 Å². The molecule has 1 heterocycles. The third-order valence-corrected chi connectivity index (χ3v) is 5.61. The zero-order valence-corrected chi connectivity index (χ0v) is 18.6. The molecule has 0 spiro atoms. The van der Waals surface area contributed by atoms with Gasteiger partial charge < -0.3 is 19.5 Å². The van der Waals surface area contributed by atoms with Crippen molar-refractivity contribution in [1.29, 1.82) is 0 Å². The number of ether oxygens (including phenoxy) is 2. The molecule has 0 radical (unpaired) electrons. The van der Waals surface area contributed by atoms with Crippen LogP contribution in [-0.2, 0) is 15.1 Å². The van der Waals surface area contributed by atoms with Crippen LogP contribution in [0.15, 0.2) is 18.2 Å². The fourth-order valence-electron chi connectivity index (χ4n) is 3.90. The van der Waals surface area contributed by atoms with Crippen LogP contribution in [0.25, 0.3) is 0 Å². The normalized spacial score (nSPS) is 19.7. The number of halogens is 2. The molecule has 1 amide bonds. The Labute approximate surface area is 178 Å². The summed E-state index contributed by atoms with van der Waals surface area (Å²) >= 11 is 6.00. The van der Waals surface area contributed by atoms with E-state index in [1.807, 2.05) is 20.8 Å². The van der Waals surface area contributed by atoms with Crippen molar-refractivity contribution in [3.63, 3.8) is 0 Å². The van der Waals surface area contributed by atoms with Crippen LogP contribution >= 0.6 is 11.6 Å². The maximum absolute atomic E-state index is 14.9. The number of carbonyl (C=O) groups excluding carboxylic acids is 1. The number of aliphatic hydroxyl groups is 1. The molecular formula is C22H33ClFNO4. The molecule has 0 bridgehead atoms. The molecule has 7 heteroatoms. The number of nitrogens with zero attached hydrogens (tertiary/aromatic N) is 1. The van der Waals surface area contributed by atoms with E-state index in [9.17, 15) is 14.3 Å². The zero-order valence-electron chi connectivity index (χ0n) is 17.8. The van der Waals surface area contributed by atoms with E-state index in [2.05, 4.69) is 0 Å². The number of benzene rings is 1. The highest BCUT2D eigenvalue weighted by molar-refractivity contribution is 6.30. The molecule has 1 saturated heterocycles. The average Bonchev–Trinajstić information content (AvgIpc) is 2.66. The number of amides is 1. The Bertz CT molecular complexity index is 694. The lowest BCUT2D eigenvalue weighted by Crippen LogP contribution is -2.49. The van der Waals surface area contributed by atoms with Gasteiger partial charge in [-0.05, 0) is 58.9 Å². The van der Waals surface area contributed by atoms with E-state index in [4.69, 9.17) is 21.1 Å². The molecule has 1 aromatic carbocycles. The summed E-state index contributed by atoms with van der Waals surface area (Å²) in [6, 6.07) is 4.71. The molecule has 5 nitrogen and oxygen atoms in total. The van der Waals surface area contributed by atoms with Gasteiger partial charge in [0.25, 0.3) is 0 Å². The Morgan fingerprint density at radius 1 is 1.34 bits per heavy atom. The summed E-state index contributed by atoms with van der Waals surface area (Å²) in [7, 11) is 1.63. The maximum atomic E-state index is 14.9. The lowest BCUT2D eigenvalue weighted by molar-refractivity contribution is -0.0662. The first-order valence-electron chi connectivity index (χ1n) is 10.2. The second-order valence-corrected chi connectivity index (χ2v) is 9.15. The summed E-state index contributed by atoms with van der Waals surface area (Å²) in [4.78, 5) is 14.2. The van der Waals surface area contributed by atoms with Gasteiger partial charge in [0.2, 0.25) is 0 Å². The van der Waals surface area contributed by atoms with Gasteiger partial charge >= 0.3 is 6.09 Å². The average molecular weight is 430 g/mol. The van der Waals surface area contributed by atoms with Crippen molar-refractivity contribution < 1.29 is 23.8 Å². The van der Waals surface area contributed by atoms with Crippen molar-refractivity contribution in [2.75, 3.05) is 26.8 Å². The Morgan fingerprint density at radius 3 is 2.72 bits per heavy atom. The van der Waals surface area contributed by atoms with Crippen molar-refractivity contribution in [3.05, 3.63) is 34.6 Å². The molecule has 1 aliphatic heterocycles. The van der Waals surface area contributed by atoms with Crippen molar-refractivity contribution >= 4 is 17.7 Å². The number of unbranched alkanes of at least 4 members (excludes halogenated alkanes) is 1. The van der Waals surface area contributed by atoms with Gasteiger partial charge in [-0.2, -0.15) is 0 Å². The van der Waals surface area contributed by atoms with Gasteiger partial charge in [-0.25, -0.2) is 9.18 Å². The lowest BCUT2D eigenvalue weighted by Gasteiger charge is -2.43. The first-order chi connectivity index (χ1) is 13.6. The molecule has 0 aromatic heterocycles. The van der Waals surface area contributed by atoms with E-state index >= 15 is 0 Å². The van der Waals surface area contributed by atoms with E-state index in [0.717, 1.165) is 6.42 Å². The minimum Gasteiger partial charge on any atom is -0.444 e. The first-order valence-corrected chi connectivity index (χ1v) is 10.6. The topological polar surface area (TPSA) is 59.0 Å². The molecule has 0 aliphatic carbocycles. The third-order valence-electron chi connectivity index (χ3n) is 5.32. The van der Waals surface area contributed by atoms with Crippen molar-refractivity contribution in [2.24, 2.45) is 5.92 Å². The monoisotopic (exact) mass is 429 g/mol. The van der Waals surface area contributed by atoms with Gasteiger partial charge in [0.1, 0.15) is 11.4 Å². The van der Waals surface area contributed by atoms with Crippen molar-refractivity contribution in [1.82, 2.24) is 4.90 Å². The maximum Gasteiger partial charge on any atom is 0.410 e. The Hall–Kier alpha value is -1.37. The molecule has 2 rings (SSSR count). The van der Waals surface area contributed by atoms with E-state index in [1.54, 1.807) is 24.1 Å². The molecule has 164 valence electrons. The highest BCUT2D eigenvalue weighted by atomic mass is 35.5. The van der Waals surface area contributed by atoms with Crippen LogP contribution in [0.2, 0.25) is 5.02 Å². The Kier molecular flexibility index (Phi) is 8.32.